The van der Waals surface area contributed by atoms with Crippen LogP contribution in [-0.4, -0.2) is 54.1 Å². The summed E-state index contributed by atoms with van der Waals surface area (Å²) in [6.07, 6.45) is 1.03. The second kappa shape index (κ2) is 13.8. The molecule has 2 aliphatic rings. The Morgan fingerprint density at radius 2 is 1.32 bits per heavy atom. The number of benzene rings is 1. The van der Waals surface area contributed by atoms with Crippen LogP contribution in [0.4, 0.5) is 11.4 Å². The van der Waals surface area contributed by atoms with Gasteiger partial charge in [0.2, 0.25) is 0 Å². The minimum Gasteiger partial charge on any atom is -0.369 e. The van der Waals surface area contributed by atoms with Crippen LogP contribution >= 0.6 is 24.4 Å². The number of rotatable bonds is 6. The van der Waals surface area contributed by atoms with Gasteiger partial charge in [-0.25, -0.2) is 4.99 Å². The molecule has 2 aliphatic heterocycles. The maximum Gasteiger partial charge on any atom is 0.127 e. The first-order valence-electron chi connectivity index (χ1n) is 15.8. The molecule has 10 heteroatoms. The molecule has 0 spiro atoms. The van der Waals surface area contributed by atoms with Crippen LogP contribution in [0.2, 0.25) is 0 Å². The first-order chi connectivity index (χ1) is 20.8. The van der Waals surface area contributed by atoms with E-state index < -0.39 is 0 Å². The van der Waals surface area contributed by atoms with Gasteiger partial charge in [0.15, 0.2) is 0 Å². The summed E-state index contributed by atoms with van der Waals surface area (Å²) in [5, 5.41) is 16.2. The van der Waals surface area contributed by atoms with Gasteiger partial charge >= 0.3 is 0 Å². The zero-order valence-corrected chi connectivity index (χ0v) is 29.6. The molecule has 2 N–H and O–H groups in total. The van der Waals surface area contributed by atoms with Gasteiger partial charge in [-0.2, -0.15) is 10.2 Å². The Kier molecular flexibility index (Phi) is 10.6. The summed E-state index contributed by atoms with van der Waals surface area (Å²) in [6.45, 7) is 24.5. The third-order valence-electron chi connectivity index (χ3n) is 7.74. The molecule has 0 fully saturated rings. The van der Waals surface area contributed by atoms with Crippen molar-refractivity contribution in [3.63, 3.8) is 0 Å². The van der Waals surface area contributed by atoms with E-state index in [0.717, 1.165) is 80.6 Å². The van der Waals surface area contributed by atoms with Crippen molar-refractivity contribution < 1.29 is 0 Å². The molecule has 0 saturated carbocycles. The van der Waals surface area contributed by atoms with Crippen molar-refractivity contribution in [3.05, 3.63) is 58.2 Å². The number of thiocarbonyl (C=S) groups is 2. The van der Waals surface area contributed by atoms with Crippen LogP contribution in [-0.2, 0) is 13.1 Å². The van der Waals surface area contributed by atoms with Crippen molar-refractivity contribution in [3.8, 4) is 0 Å². The highest BCUT2D eigenvalue weighted by atomic mass is 32.1. The second-order valence-electron chi connectivity index (χ2n) is 13.1. The highest BCUT2D eigenvalue weighted by Gasteiger charge is 2.29. The zero-order valence-electron chi connectivity index (χ0n) is 28.0. The van der Waals surface area contributed by atoms with E-state index in [4.69, 9.17) is 44.6 Å². The largest absolute Gasteiger partial charge is 0.369 e. The molecule has 0 bridgehead atoms. The smallest absolute Gasteiger partial charge is 0.127 e. The van der Waals surface area contributed by atoms with E-state index in [1.807, 2.05) is 9.36 Å². The first-order valence-corrected chi connectivity index (χ1v) is 16.6. The molecular weight excluding hydrogens is 585 g/mol. The molecule has 5 rings (SSSR count). The normalized spacial score (nSPS) is 14.9. The average Bonchev–Trinajstić information content (AvgIpc) is 3.39. The van der Waals surface area contributed by atoms with Crippen molar-refractivity contribution >= 4 is 57.2 Å². The Morgan fingerprint density at radius 3 is 1.84 bits per heavy atom. The third-order valence-corrected chi connectivity index (χ3v) is 8.42. The van der Waals surface area contributed by atoms with Crippen molar-refractivity contribution in [2.45, 2.75) is 101 Å². The molecule has 2 aromatic heterocycles. The lowest BCUT2D eigenvalue weighted by atomic mass is 9.90. The Balaban J connectivity index is 0.000000202. The van der Waals surface area contributed by atoms with Crippen molar-refractivity contribution in [1.29, 1.82) is 0 Å². The highest BCUT2D eigenvalue weighted by molar-refractivity contribution is 7.81. The molecule has 0 saturated heterocycles. The van der Waals surface area contributed by atoms with Gasteiger partial charge in [-0.05, 0) is 37.7 Å². The number of hydrogen-bond donors (Lipinski definition) is 2. The van der Waals surface area contributed by atoms with E-state index in [9.17, 15) is 0 Å². The van der Waals surface area contributed by atoms with Crippen molar-refractivity contribution in [1.82, 2.24) is 30.2 Å². The minimum absolute atomic E-state index is 0.0192. The summed E-state index contributed by atoms with van der Waals surface area (Å²) < 4.78 is 3.98. The second-order valence-corrected chi connectivity index (χ2v) is 13.9. The molecular formula is C34H48N8S2. The van der Waals surface area contributed by atoms with Gasteiger partial charge in [0.1, 0.15) is 32.7 Å². The van der Waals surface area contributed by atoms with Gasteiger partial charge in [0.25, 0.3) is 0 Å². The number of aliphatic imine (C=N–C) groups is 2. The molecule has 44 heavy (non-hydrogen) atoms. The van der Waals surface area contributed by atoms with Crippen LogP contribution in [0.3, 0.4) is 0 Å². The topological polar surface area (TPSA) is 84.4 Å². The SMILES string of the molecule is CCCn1nc(C(C)C)c2c1C(=S)NCC(C(C)(C)C)=N2.CCn1nc(C(C)C)c2c1C(=S)NCC(c1ccc(C)cc1)=N2. The number of hydrogen-bond acceptors (Lipinski definition) is 6. The monoisotopic (exact) mass is 632 g/mol. The quantitative estimate of drug-likeness (QED) is 0.273. The number of nitrogens with one attached hydrogen (secondary N) is 2. The summed E-state index contributed by atoms with van der Waals surface area (Å²) in [7, 11) is 0. The Labute approximate surface area is 273 Å². The zero-order chi connectivity index (χ0) is 32.3. The maximum absolute atomic E-state index is 5.58. The first kappa shape index (κ1) is 33.6. The predicted octanol–water partition coefficient (Wildman–Crippen LogP) is 7.55. The van der Waals surface area contributed by atoms with Gasteiger partial charge < -0.3 is 10.6 Å². The molecule has 0 unspecified atom stereocenters. The van der Waals surface area contributed by atoms with Crippen LogP contribution in [0.15, 0.2) is 34.3 Å². The Bertz CT molecular complexity index is 1580. The van der Waals surface area contributed by atoms with Gasteiger partial charge in [0.05, 0.1) is 30.2 Å². The lowest BCUT2D eigenvalue weighted by Gasteiger charge is -2.21. The lowest BCUT2D eigenvalue weighted by Crippen LogP contribution is -2.34. The van der Waals surface area contributed by atoms with Crippen molar-refractivity contribution in [2.24, 2.45) is 15.4 Å². The van der Waals surface area contributed by atoms with Gasteiger partial charge in [-0.3, -0.25) is 14.4 Å². The number of fused-ring (bicyclic) bond motifs is 2. The van der Waals surface area contributed by atoms with Crippen LogP contribution < -0.4 is 10.6 Å². The minimum atomic E-state index is 0.0192. The maximum atomic E-state index is 5.58. The summed E-state index contributed by atoms with van der Waals surface area (Å²) in [4.78, 5) is 11.4. The fourth-order valence-electron chi connectivity index (χ4n) is 5.18. The van der Waals surface area contributed by atoms with E-state index in [1.165, 1.54) is 5.56 Å². The van der Waals surface area contributed by atoms with E-state index >= 15 is 0 Å². The Morgan fingerprint density at radius 1 is 0.795 bits per heavy atom. The fourth-order valence-corrected chi connectivity index (χ4v) is 5.73. The van der Waals surface area contributed by atoms with E-state index in [1.54, 1.807) is 0 Å². The van der Waals surface area contributed by atoms with E-state index in [2.05, 4.69) is 104 Å². The molecule has 0 aliphatic carbocycles. The van der Waals surface area contributed by atoms with Crippen LogP contribution in [0, 0.1) is 12.3 Å². The average molecular weight is 633 g/mol. The Hall–Kier alpha value is -3.24. The molecule has 0 radical (unpaired) electrons. The number of aromatic nitrogens is 4. The molecule has 0 atom stereocenters. The van der Waals surface area contributed by atoms with Crippen LogP contribution in [0.5, 0.6) is 0 Å². The number of nitrogens with zero attached hydrogens (tertiary/aromatic N) is 6. The summed E-state index contributed by atoms with van der Waals surface area (Å²) in [6, 6.07) is 8.45. The summed E-state index contributed by atoms with van der Waals surface area (Å²) >= 11 is 11.2. The van der Waals surface area contributed by atoms with Crippen LogP contribution in [0.25, 0.3) is 0 Å². The van der Waals surface area contributed by atoms with Gasteiger partial charge in [0, 0.05) is 24.2 Å². The fraction of sp³-hybridized carbons (Fsp3) is 0.529. The van der Waals surface area contributed by atoms with Crippen molar-refractivity contribution in [2.75, 3.05) is 13.1 Å². The van der Waals surface area contributed by atoms with Gasteiger partial charge in [-0.1, -0.05) is 110 Å². The third kappa shape index (κ3) is 7.18. The molecule has 1 aromatic carbocycles. The van der Waals surface area contributed by atoms with E-state index in [0.29, 0.717) is 24.9 Å². The number of aryl methyl sites for hydroxylation is 3. The molecule has 236 valence electrons. The van der Waals surface area contributed by atoms with E-state index in [-0.39, 0.29) is 5.41 Å². The summed E-state index contributed by atoms with van der Waals surface area (Å²) in [5.74, 6) is 0.642. The molecule has 8 nitrogen and oxygen atoms in total. The standard InChI is InChI=1S/C18H22N4S.C16H26N4S/c1-5-22-17-16(15(21-22)11(2)3)20-14(10-19-18(17)23)13-8-6-12(4)7-9-13;1-7-8-20-14-13(12(19-20)10(2)3)18-11(16(4,5)6)9-17-15(14)21/h6-9,11H,5,10H2,1-4H3,(H,19,23);10H,7-9H2,1-6H3,(H,17,21). The lowest BCUT2D eigenvalue weighted by molar-refractivity contribution is 0.578. The highest BCUT2D eigenvalue weighted by Crippen LogP contribution is 2.34. The van der Waals surface area contributed by atoms with Crippen LogP contribution in [0.1, 0.15) is 114 Å². The predicted molar refractivity (Wildman–Crippen MR) is 192 cm³/mol. The molecule has 0 amide bonds. The molecule has 4 heterocycles. The molecule has 3 aromatic rings. The van der Waals surface area contributed by atoms with Gasteiger partial charge in [-0.15, -0.1) is 0 Å². The summed E-state index contributed by atoms with van der Waals surface area (Å²) in [5.41, 5.74) is 10.4.